The van der Waals surface area contributed by atoms with Gasteiger partial charge < -0.3 is 4.74 Å². The van der Waals surface area contributed by atoms with E-state index in [0.717, 1.165) is 24.7 Å². The summed E-state index contributed by atoms with van der Waals surface area (Å²) in [5.74, 6) is 1.79. The Morgan fingerprint density at radius 2 is 1.52 bits per heavy atom. The third-order valence-electron chi connectivity index (χ3n) is 6.85. The lowest BCUT2D eigenvalue weighted by Crippen LogP contribution is -2.33. The molecule has 0 aliphatic heterocycles. The zero-order chi connectivity index (χ0) is 18.0. The molecule has 0 atom stereocenters. The molecular formula is C23H41NO. The highest BCUT2D eigenvalue weighted by molar-refractivity contribution is 5.02. The molecule has 0 spiro atoms. The Morgan fingerprint density at radius 3 is 2.12 bits per heavy atom. The number of unbranched alkanes of at least 4 members (excludes halogenated alkanes) is 3. The first-order chi connectivity index (χ1) is 12.2. The predicted octanol–water partition coefficient (Wildman–Crippen LogP) is 7.03. The van der Waals surface area contributed by atoms with Gasteiger partial charge in [0.05, 0.1) is 24.2 Å². The lowest BCUT2D eigenvalue weighted by atomic mass is 9.71. The lowest BCUT2D eigenvalue weighted by molar-refractivity contribution is -0.0299. The molecule has 0 aromatic heterocycles. The van der Waals surface area contributed by atoms with Gasteiger partial charge in [-0.2, -0.15) is 5.26 Å². The van der Waals surface area contributed by atoms with Crippen LogP contribution in [0.15, 0.2) is 0 Å². The zero-order valence-corrected chi connectivity index (χ0v) is 16.9. The van der Waals surface area contributed by atoms with Crippen molar-refractivity contribution >= 4 is 0 Å². The molecule has 0 aromatic rings. The van der Waals surface area contributed by atoms with Crippen LogP contribution in [0.4, 0.5) is 0 Å². The summed E-state index contributed by atoms with van der Waals surface area (Å²) in [4.78, 5) is 0. The van der Waals surface area contributed by atoms with Crippen molar-refractivity contribution in [2.45, 2.75) is 116 Å². The largest absolute Gasteiger partial charge is 0.377 e. The van der Waals surface area contributed by atoms with Crippen LogP contribution in [0, 0.1) is 28.6 Å². The highest BCUT2D eigenvalue weighted by Crippen LogP contribution is 2.41. The Kier molecular flexibility index (Phi) is 9.32. The van der Waals surface area contributed by atoms with Crippen LogP contribution in [0.1, 0.15) is 110 Å². The third kappa shape index (κ3) is 6.93. The second kappa shape index (κ2) is 11.2. The normalized spacial score (nSPS) is 33.1. The van der Waals surface area contributed by atoms with Gasteiger partial charge in [0.1, 0.15) is 0 Å². The van der Waals surface area contributed by atoms with E-state index in [1.54, 1.807) is 0 Å². The summed E-state index contributed by atoms with van der Waals surface area (Å²) < 4.78 is 6.28. The quantitative estimate of drug-likeness (QED) is 0.397. The summed E-state index contributed by atoms with van der Waals surface area (Å²) >= 11 is 0. The Labute approximate surface area is 156 Å². The number of nitrogens with zero attached hydrogens (tertiary/aromatic N) is 1. The number of rotatable bonds is 10. The van der Waals surface area contributed by atoms with Crippen LogP contribution in [0.2, 0.25) is 0 Å². The SMILES string of the molecule is CCCCCC[C@H]1CC[C@H](OC[C@]2(C#N)CC[C@H](CCC)CC2)CC1. The molecule has 0 N–H and O–H groups in total. The van der Waals surface area contributed by atoms with E-state index < -0.39 is 0 Å². The second-order valence-electron chi connectivity index (χ2n) is 8.93. The van der Waals surface area contributed by atoms with Crippen molar-refractivity contribution in [1.82, 2.24) is 0 Å². The summed E-state index contributed by atoms with van der Waals surface area (Å²) in [5, 5.41) is 9.74. The van der Waals surface area contributed by atoms with E-state index in [4.69, 9.17) is 4.74 Å². The van der Waals surface area contributed by atoms with Crippen LogP contribution in [0.3, 0.4) is 0 Å². The van der Waals surface area contributed by atoms with Crippen molar-refractivity contribution in [3.8, 4) is 6.07 Å². The highest BCUT2D eigenvalue weighted by Gasteiger charge is 2.36. The first-order valence-corrected chi connectivity index (χ1v) is 11.2. The first-order valence-electron chi connectivity index (χ1n) is 11.2. The van der Waals surface area contributed by atoms with E-state index in [0.29, 0.717) is 12.7 Å². The van der Waals surface area contributed by atoms with Gasteiger partial charge in [0, 0.05) is 0 Å². The Balaban J connectivity index is 1.64. The molecule has 0 heterocycles. The monoisotopic (exact) mass is 347 g/mol. The molecule has 2 aliphatic carbocycles. The van der Waals surface area contributed by atoms with Gasteiger partial charge in [0.2, 0.25) is 0 Å². The van der Waals surface area contributed by atoms with Crippen molar-refractivity contribution in [3.05, 3.63) is 0 Å². The standard InChI is InChI=1S/C23H41NO/c1-3-5-6-7-9-21-10-12-22(13-11-21)25-19-23(18-24)16-14-20(8-4-2)15-17-23/h20-22H,3-17,19H2,1-2H3/t20-,21-,22-,23+. The molecule has 2 nitrogen and oxygen atoms in total. The van der Waals surface area contributed by atoms with Crippen molar-refractivity contribution in [1.29, 1.82) is 5.26 Å². The van der Waals surface area contributed by atoms with Crippen LogP contribution in [0.5, 0.6) is 0 Å². The Morgan fingerprint density at radius 1 is 0.840 bits per heavy atom. The van der Waals surface area contributed by atoms with E-state index in [1.165, 1.54) is 83.5 Å². The fourth-order valence-corrected chi connectivity index (χ4v) is 4.94. The summed E-state index contributed by atoms with van der Waals surface area (Å²) in [6.07, 6.45) is 19.7. The maximum atomic E-state index is 9.74. The van der Waals surface area contributed by atoms with Crippen LogP contribution < -0.4 is 0 Å². The van der Waals surface area contributed by atoms with Crippen LogP contribution >= 0.6 is 0 Å². The van der Waals surface area contributed by atoms with Gasteiger partial charge in [0.15, 0.2) is 0 Å². The fraction of sp³-hybridized carbons (Fsp3) is 0.957. The highest BCUT2D eigenvalue weighted by atomic mass is 16.5. The molecule has 0 radical (unpaired) electrons. The average Bonchev–Trinajstić information content (AvgIpc) is 2.66. The summed E-state index contributed by atoms with van der Waals surface area (Å²) in [7, 11) is 0. The molecular weight excluding hydrogens is 306 g/mol. The molecule has 25 heavy (non-hydrogen) atoms. The molecule has 2 heteroatoms. The molecule has 0 unspecified atom stereocenters. The van der Waals surface area contributed by atoms with Gasteiger partial charge in [-0.1, -0.05) is 58.8 Å². The zero-order valence-electron chi connectivity index (χ0n) is 16.9. The third-order valence-corrected chi connectivity index (χ3v) is 6.85. The number of hydrogen-bond donors (Lipinski definition) is 0. The average molecular weight is 348 g/mol. The molecule has 0 aromatic carbocycles. The van der Waals surface area contributed by atoms with Crippen LogP contribution in [-0.2, 0) is 4.74 Å². The van der Waals surface area contributed by atoms with E-state index in [9.17, 15) is 5.26 Å². The maximum absolute atomic E-state index is 9.74. The Hall–Kier alpha value is -0.550. The van der Waals surface area contributed by atoms with E-state index in [1.807, 2.05) is 0 Å². The molecule has 2 saturated carbocycles. The predicted molar refractivity (Wildman–Crippen MR) is 105 cm³/mol. The van der Waals surface area contributed by atoms with Crippen molar-refractivity contribution in [2.24, 2.45) is 17.3 Å². The van der Waals surface area contributed by atoms with E-state index in [-0.39, 0.29) is 5.41 Å². The Bertz CT molecular complexity index is 383. The van der Waals surface area contributed by atoms with Gasteiger partial charge in [-0.25, -0.2) is 0 Å². The van der Waals surface area contributed by atoms with Gasteiger partial charge in [-0.15, -0.1) is 0 Å². The molecule has 2 rings (SSSR count). The summed E-state index contributed by atoms with van der Waals surface area (Å²) in [6, 6.07) is 2.64. The second-order valence-corrected chi connectivity index (χ2v) is 8.93. The van der Waals surface area contributed by atoms with Crippen LogP contribution in [-0.4, -0.2) is 12.7 Å². The summed E-state index contributed by atoms with van der Waals surface area (Å²) in [5.41, 5.74) is -0.179. The molecule has 144 valence electrons. The van der Waals surface area contributed by atoms with Gasteiger partial charge in [-0.05, 0) is 63.2 Å². The molecule has 0 bridgehead atoms. The number of nitriles is 1. The smallest absolute Gasteiger partial charge is 0.0807 e. The number of hydrogen-bond acceptors (Lipinski definition) is 2. The lowest BCUT2D eigenvalue weighted by Gasteiger charge is -2.37. The topological polar surface area (TPSA) is 33.0 Å². The number of ether oxygens (including phenoxy) is 1. The maximum Gasteiger partial charge on any atom is 0.0807 e. The van der Waals surface area contributed by atoms with Crippen molar-refractivity contribution in [2.75, 3.05) is 6.61 Å². The fourth-order valence-electron chi connectivity index (χ4n) is 4.94. The molecule has 2 fully saturated rings. The molecule has 0 saturated heterocycles. The minimum atomic E-state index is -0.179. The van der Waals surface area contributed by atoms with Crippen molar-refractivity contribution in [3.63, 3.8) is 0 Å². The van der Waals surface area contributed by atoms with Gasteiger partial charge in [0.25, 0.3) is 0 Å². The first kappa shape index (κ1) is 20.8. The summed E-state index contributed by atoms with van der Waals surface area (Å²) in [6.45, 7) is 5.25. The minimum absolute atomic E-state index is 0.179. The van der Waals surface area contributed by atoms with Crippen LogP contribution in [0.25, 0.3) is 0 Å². The van der Waals surface area contributed by atoms with E-state index >= 15 is 0 Å². The minimum Gasteiger partial charge on any atom is -0.377 e. The van der Waals surface area contributed by atoms with Gasteiger partial charge in [-0.3, -0.25) is 0 Å². The van der Waals surface area contributed by atoms with E-state index in [2.05, 4.69) is 19.9 Å². The molecule has 2 aliphatic rings. The van der Waals surface area contributed by atoms with Crippen molar-refractivity contribution < 1.29 is 4.74 Å². The van der Waals surface area contributed by atoms with Gasteiger partial charge >= 0.3 is 0 Å². The molecule has 0 amide bonds.